The zero-order valence-electron chi connectivity index (χ0n) is 29.6. The molecule has 4 aromatic rings. The molecule has 1 N–H and O–H groups in total. The number of anilines is 2. The second-order valence-corrected chi connectivity index (χ2v) is 16.5. The van der Waals surface area contributed by atoms with Crippen LogP contribution in [-0.2, 0) is 33.3 Å². The van der Waals surface area contributed by atoms with E-state index in [-0.39, 0.29) is 33.1 Å². The summed E-state index contributed by atoms with van der Waals surface area (Å²) < 4.78 is 116. The summed E-state index contributed by atoms with van der Waals surface area (Å²) in [7, 11) is -5.76. The quantitative estimate of drug-likeness (QED) is 0.0890. The molecule has 2 fully saturated rings. The van der Waals surface area contributed by atoms with Gasteiger partial charge in [-0.2, -0.15) is 4.31 Å². The summed E-state index contributed by atoms with van der Waals surface area (Å²) in [4.78, 5) is 27.5. The number of rotatable bonds is 12. The molecule has 0 bridgehead atoms. The van der Waals surface area contributed by atoms with Gasteiger partial charge in [-0.1, -0.05) is 57.2 Å². The number of halogens is 6. The lowest BCUT2D eigenvalue weighted by Gasteiger charge is -2.37. The van der Waals surface area contributed by atoms with Crippen molar-refractivity contribution in [2.24, 2.45) is 0 Å². The third-order valence-electron chi connectivity index (χ3n) is 9.67. The van der Waals surface area contributed by atoms with Crippen molar-refractivity contribution in [1.82, 2.24) is 4.31 Å². The molecule has 0 atom stereocenters. The minimum absolute atomic E-state index is 0.0890. The largest absolute Gasteiger partial charge is 0.478 e. The van der Waals surface area contributed by atoms with E-state index in [0.29, 0.717) is 30.3 Å². The first-order chi connectivity index (χ1) is 25.4. The predicted molar refractivity (Wildman–Crippen MR) is 189 cm³/mol. The Bertz CT molecular complexity index is 2220. The van der Waals surface area contributed by atoms with E-state index >= 15 is 8.78 Å². The van der Waals surface area contributed by atoms with Gasteiger partial charge in [0.05, 0.1) is 30.0 Å². The molecule has 0 aromatic heterocycles. The molecule has 15 heteroatoms. The number of carboxylic acids is 1. The highest BCUT2D eigenvalue weighted by Gasteiger charge is 2.39. The summed E-state index contributed by atoms with van der Waals surface area (Å²) in [5.74, 6) is -15.8. The van der Waals surface area contributed by atoms with Crippen LogP contribution in [0.25, 0.3) is 0 Å². The molecule has 1 amide bonds. The van der Waals surface area contributed by atoms with Crippen molar-refractivity contribution in [1.29, 1.82) is 0 Å². The number of benzene rings is 4. The van der Waals surface area contributed by atoms with Crippen molar-refractivity contribution in [3.63, 3.8) is 0 Å². The molecule has 6 rings (SSSR count). The van der Waals surface area contributed by atoms with Gasteiger partial charge in [-0.15, -0.1) is 0 Å². The second-order valence-electron chi connectivity index (χ2n) is 14.6. The van der Waals surface area contributed by atoms with Gasteiger partial charge in [-0.3, -0.25) is 4.79 Å². The molecule has 1 saturated heterocycles. The van der Waals surface area contributed by atoms with E-state index in [9.17, 15) is 40.7 Å². The molecule has 1 aliphatic heterocycles. The number of carbonyl (C=O) groups is 2. The third kappa shape index (κ3) is 7.69. The maximum atomic E-state index is 15.1. The number of nitrogens with zero attached hydrogens (tertiary/aromatic N) is 3. The van der Waals surface area contributed by atoms with Crippen molar-refractivity contribution in [2.75, 3.05) is 29.4 Å². The Morgan fingerprint density at radius 2 is 1.46 bits per heavy atom. The van der Waals surface area contributed by atoms with Crippen LogP contribution >= 0.6 is 0 Å². The molecule has 1 aliphatic carbocycles. The summed E-state index contributed by atoms with van der Waals surface area (Å²) in [5, 5.41) is 9.79. The molecule has 8 nitrogen and oxygen atoms in total. The van der Waals surface area contributed by atoms with E-state index in [1.54, 1.807) is 0 Å². The average Bonchev–Trinajstić information content (AvgIpc) is 3.94. The van der Waals surface area contributed by atoms with Crippen molar-refractivity contribution >= 4 is 33.3 Å². The fourth-order valence-corrected chi connectivity index (χ4v) is 7.78. The van der Waals surface area contributed by atoms with Crippen LogP contribution in [0.15, 0.2) is 65.6 Å². The van der Waals surface area contributed by atoms with Gasteiger partial charge >= 0.3 is 5.97 Å². The average molecular weight is 774 g/mol. The van der Waals surface area contributed by atoms with Crippen LogP contribution < -0.4 is 9.80 Å². The Labute approximate surface area is 308 Å². The van der Waals surface area contributed by atoms with Crippen LogP contribution in [-0.4, -0.2) is 49.3 Å². The highest BCUT2D eigenvalue weighted by Crippen LogP contribution is 2.43. The first kappa shape index (κ1) is 38.8. The molecular formula is C39H37F6N3O5S. The molecule has 0 spiro atoms. The summed E-state index contributed by atoms with van der Waals surface area (Å²) in [6.45, 7) is 4.61. The van der Waals surface area contributed by atoms with Crippen LogP contribution in [0.3, 0.4) is 0 Å². The van der Waals surface area contributed by atoms with E-state index in [1.807, 2.05) is 37.8 Å². The van der Waals surface area contributed by atoms with Gasteiger partial charge in [0, 0.05) is 25.2 Å². The number of carbonyl (C=O) groups excluding carboxylic acids is 1. The van der Waals surface area contributed by atoms with Crippen LogP contribution in [0, 0.1) is 34.9 Å². The van der Waals surface area contributed by atoms with E-state index in [0.717, 1.165) is 42.5 Å². The van der Waals surface area contributed by atoms with Gasteiger partial charge in [0.15, 0.2) is 28.2 Å². The fourth-order valence-electron chi connectivity index (χ4n) is 6.30. The molecule has 0 radical (unpaired) electrons. The molecule has 0 unspecified atom stereocenters. The number of sulfonamides is 1. The first-order valence-electron chi connectivity index (χ1n) is 17.2. The van der Waals surface area contributed by atoms with Crippen LogP contribution in [0.4, 0.5) is 37.7 Å². The topological polar surface area (TPSA) is 98.2 Å². The molecular weight excluding hydrogens is 736 g/mol. The summed E-state index contributed by atoms with van der Waals surface area (Å²) in [5.41, 5.74) is 2.37. The minimum atomic E-state index is -5.76. The Morgan fingerprint density at radius 1 is 0.833 bits per heavy atom. The van der Waals surface area contributed by atoms with Crippen LogP contribution in [0.2, 0.25) is 0 Å². The van der Waals surface area contributed by atoms with E-state index < -0.39 is 74.8 Å². The Balaban J connectivity index is 1.51. The normalized spacial score (nSPS) is 14.7. The monoisotopic (exact) mass is 773 g/mol. The zero-order chi connectivity index (χ0) is 39.3. The number of hydrogen-bond donors (Lipinski definition) is 1. The van der Waals surface area contributed by atoms with Gasteiger partial charge in [0.25, 0.3) is 0 Å². The van der Waals surface area contributed by atoms with E-state index in [2.05, 4.69) is 6.07 Å². The summed E-state index contributed by atoms with van der Waals surface area (Å²) in [6, 6.07) is 14.7. The van der Waals surface area contributed by atoms with Crippen LogP contribution in [0.5, 0.6) is 0 Å². The molecule has 1 heterocycles. The Hall–Kier alpha value is -4.89. The van der Waals surface area contributed by atoms with Gasteiger partial charge in [-0.05, 0) is 71.6 Å². The highest BCUT2D eigenvalue weighted by atomic mass is 32.2. The SMILES string of the molecule is CC(C)(C)c1cc(CN(C(=O)CN(Cc2ccccc2F)S(=O)(=O)c2c(F)c(F)c(F)c(F)c2F)c2ccc(C(=O)O)cc2N2CCC2)cc(C2CC2)c1. The van der Waals surface area contributed by atoms with Crippen molar-refractivity contribution < 1.29 is 49.5 Å². The lowest BCUT2D eigenvalue weighted by atomic mass is 9.84. The van der Waals surface area contributed by atoms with E-state index in [1.165, 1.54) is 35.2 Å². The molecule has 1 saturated carbocycles. The van der Waals surface area contributed by atoms with Crippen molar-refractivity contribution in [2.45, 2.75) is 69.4 Å². The summed E-state index contributed by atoms with van der Waals surface area (Å²) >= 11 is 0. The zero-order valence-corrected chi connectivity index (χ0v) is 30.4. The minimum Gasteiger partial charge on any atom is -0.478 e. The highest BCUT2D eigenvalue weighted by molar-refractivity contribution is 7.89. The maximum absolute atomic E-state index is 15.1. The Morgan fingerprint density at radius 3 is 2.02 bits per heavy atom. The molecule has 2 aliphatic rings. The lowest BCUT2D eigenvalue weighted by molar-refractivity contribution is -0.119. The van der Waals surface area contributed by atoms with E-state index in [4.69, 9.17) is 0 Å². The number of amides is 1. The molecule has 54 heavy (non-hydrogen) atoms. The Kier molecular flexibility index (Phi) is 10.6. The third-order valence-corrected chi connectivity index (χ3v) is 11.5. The smallest absolute Gasteiger partial charge is 0.335 e. The second kappa shape index (κ2) is 14.7. The van der Waals surface area contributed by atoms with Gasteiger partial charge in [0.2, 0.25) is 21.7 Å². The van der Waals surface area contributed by atoms with Gasteiger partial charge < -0.3 is 14.9 Å². The first-order valence-corrected chi connectivity index (χ1v) is 18.6. The fraction of sp³-hybridized carbons (Fsp3) is 0.333. The van der Waals surface area contributed by atoms with Crippen molar-refractivity contribution in [3.8, 4) is 0 Å². The van der Waals surface area contributed by atoms with Gasteiger partial charge in [0.1, 0.15) is 5.82 Å². The van der Waals surface area contributed by atoms with Crippen LogP contribution in [0.1, 0.15) is 78.6 Å². The number of hydrogen-bond acceptors (Lipinski definition) is 5. The maximum Gasteiger partial charge on any atom is 0.335 e. The number of aromatic carboxylic acids is 1. The molecule has 286 valence electrons. The predicted octanol–water partition coefficient (Wildman–Crippen LogP) is 8.03. The summed E-state index contributed by atoms with van der Waals surface area (Å²) in [6.07, 6.45) is 2.69. The van der Waals surface area contributed by atoms with Crippen molar-refractivity contribution in [3.05, 3.63) is 123 Å². The van der Waals surface area contributed by atoms with Gasteiger partial charge in [-0.25, -0.2) is 39.6 Å². The lowest BCUT2D eigenvalue weighted by Crippen LogP contribution is -2.44. The standard InChI is InChI=1S/C39H37F6N3O5S/c1-39(2,3)27-16-22(15-26(17-27)23-9-10-23)19-48(29-12-11-24(38(50)51)18-30(29)46-13-6-14-46)31(49)21-47(20-25-7-4-5-8-28(25)40)54(52,53)37-35(44)33(42)32(41)34(43)36(37)45/h4-5,7-8,11-12,15-18,23H,6,9-10,13-14,19-21H2,1-3H3,(H,50,51). The molecule has 4 aromatic carbocycles. The number of carboxylic acid groups (broad SMARTS) is 1.